The van der Waals surface area contributed by atoms with Crippen LogP contribution in [-0.2, 0) is 11.2 Å². The van der Waals surface area contributed by atoms with E-state index in [1.54, 1.807) is 17.3 Å². The molecule has 160 valence electrons. The average Bonchev–Trinajstić information content (AvgIpc) is 3.52. The first kappa shape index (κ1) is 19.5. The van der Waals surface area contributed by atoms with Gasteiger partial charge < -0.3 is 9.47 Å². The van der Waals surface area contributed by atoms with Crippen LogP contribution in [0.5, 0.6) is 11.8 Å². The van der Waals surface area contributed by atoms with Gasteiger partial charge in [0.15, 0.2) is 0 Å². The van der Waals surface area contributed by atoms with Gasteiger partial charge in [0.05, 0.1) is 25.0 Å². The lowest BCUT2D eigenvalue weighted by atomic mass is 9.92. The summed E-state index contributed by atoms with van der Waals surface area (Å²) in [5, 5.41) is 4.54. The number of hydrogen-bond donors (Lipinski definition) is 0. The molecule has 1 fully saturated rings. The third kappa shape index (κ3) is 3.62. The predicted octanol–water partition coefficient (Wildman–Crippen LogP) is 4.68. The van der Waals surface area contributed by atoms with Gasteiger partial charge in [-0.1, -0.05) is 0 Å². The SMILES string of the molecule is COC(=O)N1c2ccc(-c3cnn(C4CC4)c3)c(Oc3ncc(C)cn3)c2CCC1C. The Kier molecular flexibility index (Phi) is 4.84. The summed E-state index contributed by atoms with van der Waals surface area (Å²) in [7, 11) is 1.40. The van der Waals surface area contributed by atoms with Crippen LogP contribution in [0.1, 0.15) is 43.4 Å². The van der Waals surface area contributed by atoms with E-state index in [4.69, 9.17) is 9.47 Å². The van der Waals surface area contributed by atoms with Crippen LogP contribution < -0.4 is 9.64 Å². The van der Waals surface area contributed by atoms with Gasteiger partial charge in [-0.15, -0.1) is 0 Å². The molecule has 1 aromatic carbocycles. The zero-order valence-corrected chi connectivity index (χ0v) is 17.9. The van der Waals surface area contributed by atoms with E-state index in [1.165, 1.54) is 7.11 Å². The van der Waals surface area contributed by atoms with Gasteiger partial charge in [0.25, 0.3) is 0 Å². The van der Waals surface area contributed by atoms with Crippen LogP contribution in [0.3, 0.4) is 0 Å². The van der Waals surface area contributed by atoms with Crippen molar-refractivity contribution in [2.24, 2.45) is 0 Å². The molecule has 2 aromatic heterocycles. The number of carbonyl (C=O) groups excluding carboxylic acids is 1. The minimum atomic E-state index is -0.375. The van der Waals surface area contributed by atoms with Crippen LogP contribution in [0.25, 0.3) is 11.1 Å². The number of fused-ring (bicyclic) bond motifs is 1. The Morgan fingerprint density at radius 2 is 1.90 bits per heavy atom. The van der Waals surface area contributed by atoms with Gasteiger partial charge in [-0.05, 0) is 57.2 Å². The van der Waals surface area contributed by atoms with Crippen LogP contribution in [0, 0.1) is 6.92 Å². The quantitative estimate of drug-likeness (QED) is 0.610. The fraction of sp³-hybridized carbons (Fsp3) is 0.391. The number of aromatic nitrogens is 4. The highest BCUT2D eigenvalue weighted by Gasteiger charge is 2.33. The van der Waals surface area contributed by atoms with Gasteiger partial charge in [0, 0.05) is 41.3 Å². The molecule has 3 aromatic rings. The molecule has 2 aliphatic rings. The molecule has 0 saturated heterocycles. The monoisotopic (exact) mass is 419 g/mol. The lowest BCUT2D eigenvalue weighted by Crippen LogP contribution is -2.42. The maximum absolute atomic E-state index is 12.5. The minimum Gasteiger partial charge on any atom is -0.452 e. The second-order valence-electron chi connectivity index (χ2n) is 8.25. The highest BCUT2D eigenvalue weighted by atomic mass is 16.5. The smallest absolute Gasteiger partial charge is 0.414 e. The van der Waals surface area contributed by atoms with Gasteiger partial charge in [0.2, 0.25) is 0 Å². The summed E-state index contributed by atoms with van der Waals surface area (Å²) in [5.74, 6) is 0.664. The van der Waals surface area contributed by atoms with Crippen molar-refractivity contribution in [1.82, 2.24) is 19.7 Å². The number of nitrogens with zero attached hydrogens (tertiary/aromatic N) is 5. The molecule has 0 N–H and O–H groups in total. The van der Waals surface area contributed by atoms with Crippen LogP contribution in [0.15, 0.2) is 36.9 Å². The highest BCUT2D eigenvalue weighted by Crippen LogP contribution is 2.45. The van der Waals surface area contributed by atoms with Gasteiger partial charge in [-0.2, -0.15) is 5.10 Å². The number of rotatable bonds is 4. The van der Waals surface area contributed by atoms with Crippen LogP contribution >= 0.6 is 0 Å². The predicted molar refractivity (Wildman–Crippen MR) is 115 cm³/mol. The summed E-state index contributed by atoms with van der Waals surface area (Å²) in [5.41, 5.74) is 4.59. The summed E-state index contributed by atoms with van der Waals surface area (Å²) in [6, 6.07) is 4.75. The summed E-state index contributed by atoms with van der Waals surface area (Å²) in [4.78, 5) is 22.9. The summed E-state index contributed by atoms with van der Waals surface area (Å²) in [6.45, 7) is 3.96. The van der Waals surface area contributed by atoms with E-state index in [2.05, 4.69) is 21.3 Å². The van der Waals surface area contributed by atoms with Crippen molar-refractivity contribution in [2.45, 2.75) is 51.6 Å². The molecular weight excluding hydrogens is 394 g/mol. The standard InChI is InChI=1S/C23H25N5O3/c1-14-10-24-22(25-11-14)31-21-18(16-12-26-27(13-16)17-5-6-17)8-9-20-19(21)7-4-15(2)28(20)23(29)30-3/h8-13,15,17H,4-7H2,1-3H3. The molecule has 8 heteroatoms. The Hall–Kier alpha value is -3.42. The molecule has 8 nitrogen and oxygen atoms in total. The zero-order chi connectivity index (χ0) is 21.5. The fourth-order valence-corrected chi connectivity index (χ4v) is 4.07. The highest BCUT2D eigenvalue weighted by molar-refractivity contribution is 5.92. The van der Waals surface area contributed by atoms with E-state index in [-0.39, 0.29) is 18.1 Å². The third-order valence-electron chi connectivity index (χ3n) is 5.90. The maximum Gasteiger partial charge on any atom is 0.414 e. The molecule has 1 atom stereocenters. The Morgan fingerprint density at radius 1 is 1.13 bits per heavy atom. The number of anilines is 1. The number of benzene rings is 1. The molecule has 1 saturated carbocycles. The van der Waals surface area contributed by atoms with E-state index in [9.17, 15) is 4.79 Å². The van der Waals surface area contributed by atoms with Gasteiger partial charge in [0.1, 0.15) is 5.75 Å². The van der Waals surface area contributed by atoms with E-state index < -0.39 is 0 Å². The molecule has 3 heterocycles. The van der Waals surface area contributed by atoms with Crippen molar-refractivity contribution in [3.05, 3.63) is 48.0 Å². The van der Waals surface area contributed by atoms with Crippen molar-refractivity contribution < 1.29 is 14.3 Å². The normalized spacial score (nSPS) is 17.9. The lowest BCUT2D eigenvalue weighted by molar-refractivity contribution is 0.175. The summed E-state index contributed by atoms with van der Waals surface area (Å²) >= 11 is 0. The summed E-state index contributed by atoms with van der Waals surface area (Å²) in [6.07, 6.45) is 10.9. The van der Waals surface area contributed by atoms with Crippen LogP contribution in [0.4, 0.5) is 10.5 Å². The molecular formula is C23H25N5O3. The number of carbonyl (C=O) groups is 1. The molecule has 1 amide bonds. The molecule has 1 aliphatic heterocycles. The minimum absolute atomic E-state index is 0.0342. The number of aryl methyl sites for hydroxylation is 1. The maximum atomic E-state index is 12.5. The number of ether oxygens (including phenoxy) is 2. The first-order valence-corrected chi connectivity index (χ1v) is 10.6. The van der Waals surface area contributed by atoms with Crippen molar-refractivity contribution in [3.8, 4) is 22.9 Å². The van der Waals surface area contributed by atoms with Crippen LogP contribution in [0.2, 0.25) is 0 Å². The Bertz CT molecular complexity index is 1120. The second kappa shape index (κ2) is 7.68. The summed E-state index contributed by atoms with van der Waals surface area (Å²) < 4.78 is 13.3. The average molecular weight is 419 g/mol. The Morgan fingerprint density at radius 3 is 2.61 bits per heavy atom. The van der Waals surface area contributed by atoms with Crippen molar-refractivity contribution >= 4 is 11.8 Å². The van der Waals surface area contributed by atoms with Gasteiger partial charge in [-0.3, -0.25) is 9.58 Å². The molecule has 0 radical (unpaired) electrons. The second-order valence-corrected chi connectivity index (χ2v) is 8.25. The molecule has 31 heavy (non-hydrogen) atoms. The fourth-order valence-electron chi connectivity index (χ4n) is 4.07. The first-order valence-electron chi connectivity index (χ1n) is 10.6. The topological polar surface area (TPSA) is 82.4 Å². The molecule has 0 bridgehead atoms. The molecule has 5 rings (SSSR count). The van der Waals surface area contributed by atoms with Crippen molar-refractivity contribution in [3.63, 3.8) is 0 Å². The first-order chi connectivity index (χ1) is 15.0. The number of hydrogen-bond acceptors (Lipinski definition) is 6. The third-order valence-corrected chi connectivity index (χ3v) is 5.90. The van der Waals surface area contributed by atoms with E-state index in [0.717, 1.165) is 53.6 Å². The zero-order valence-electron chi connectivity index (χ0n) is 17.9. The van der Waals surface area contributed by atoms with Crippen molar-refractivity contribution in [2.75, 3.05) is 12.0 Å². The van der Waals surface area contributed by atoms with Gasteiger partial charge in [-0.25, -0.2) is 14.8 Å². The molecule has 1 aliphatic carbocycles. The Labute approximate surface area is 180 Å². The van der Waals surface area contributed by atoms with E-state index >= 15 is 0 Å². The molecule has 0 spiro atoms. The Balaban J connectivity index is 1.63. The van der Waals surface area contributed by atoms with E-state index in [1.807, 2.05) is 36.9 Å². The van der Waals surface area contributed by atoms with Gasteiger partial charge >= 0.3 is 12.1 Å². The lowest BCUT2D eigenvalue weighted by Gasteiger charge is -2.35. The number of methoxy groups -OCH3 is 1. The van der Waals surface area contributed by atoms with E-state index in [0.29, 0.717) is 11.8 Å². The molecule has 1 unspecified atom stereocenters. The van der Waals surface area contributed by atoms with Crippen LogP contribution in [-0.4, -0.2) is 39.0 Å². The number of amides is 1. The largest absolute Gasteiger partial charge is 0.452 e. The van der Waals surface area contributed by atoms with Crippen molar-refractivity contribution in [1.29, 1.82) is 0 Å².